The Morgan fingerprint density at radius 1 is 1.12 bits per heavy atom. The van der Waals surface area contributed by atoms with Crippen LogP contribution in [0.1, 0.15) is 10.8 Å². The quantitative estimate of drug-likeness (QED) is 0.551. The minimum atomic E-state index is -0.0326. The van der Waals surface area contributed by atoms with E-state index in [1.807, 2.05) is 59.4 Å². The highest BCUT2D eigenvalue weighted by atomic mass is 32.2. The monoisotopic (exact) mass is 382 g/mol. The second-order valence-corrected chi connectivity index (χ2v) is 7.87. The molecule has 0 radical (unpaired) electrons. The van der Waals surface area contributed by atoms with Gasteiger partial charge in [0.1, 0.15) is 17.4 Å². The zero-order valence-electron chi connectivity index (χ0n) is 14.3. The summed E-state index contributed by atoms with van der Waals surface area (Å²) in [6.07, 6.45) is 2.04. The number of hydrogen-bond donors (Lipinski definition) is 1. The van der Waals surface area contributed by atoms with Gasteiger partial charge in [-0.2, -0.15) is 11.8 Å². The second-order valence-electron chi connectivity index (χ2n) is 5.89. The Labute approximate surface area is 159 Å². The summed E-state index contributed by atoms with van der Waals surface area (Å²) in [5.74, 6) is 1.67. The highest BCUT2D eigenvalue weighted by molar-refractivity contribution is 7.97. The Hall–Kier alpha value is -2.38. The molecule has 0 aliphatic rings. The lowest BCUT2D eigenvalue weighted by Gasteiger charge is -2.08. The van der Waals surface area contributed by atoms with Crippen molar-refractivity contribution in [2.45, 2.75) is 18.8 Å². The fourth-order valence-corrected chi connectivity index (χ4v) is 4.30. The number of fused-ring (bicyclic) bond motifs is 2. The molecule has 26 heavy (non-hydrogen) atoms. The van der Waals surface area contributed by atoms with Gasteiger partial charge in [-0.15, -0.1) is 11.3 Å². The van der Waals surface area contributed by atoms with Gasteiger partial charge in [-0.1, -0.05) is 24.3 Å². The lowest BCUT2D eigenvalue weighted by Crippen LogP contribution is -2.27. The number of benzene rings is 2. The van der Waals surface area contributed by atoms with E-state index in [2.05, 4.69) is 15.3 Å². The number of thioether (sulfide) groups is 1. The molecule has 132 valence electrons. The fourth-order valence-electron chi connectivity index (χ4n) is 2.91. The van der Waals surface area contributed by atoms with Crippen molar-refractivity contribution in [1.82, 2.24) is 19.9 Å². The Morgan fingerprint density at radius 2 is 1.88 bits per heavy atom. The first kappa shape index (κ1) is 17.1. The smallest absolute Gasteiger partial charge is 0.240 e. The van der Waals surface area contributed by atoms with Crippen LogP contribution in [0.4, 0.5) is 0 Å². The summed E-state index contributed by atoms with van der Waals surface area (Å²) in [6, 6.07) is 15.9. The number of hydrogen-bond acceptors (Lipinski definition) is 5. The molecule has 7 heteroatoms. The van der Waals surface area contributed by atoms with E-state index < -0.39 is 0 Å². The number of rotatable bonds is 6. The minimum absolute atomic E-state index is 0.0326. The Morgan fingerprint density at radius 3 is 2.69 bits per heavy atom. The van der Waals surface area contributed by atoms with Gasteiger partial charge < -0.3 is 9.88 Å². The number of aromatic nitrogens is 3. The average molecular weight is 383 g/mol. The fraction of sp³-hybridized carbons (Fsp3) is 0.211. The highest BCUT2D eigenvalue weighted by Crippen LogP contribution is 2.21. The number of carbonyl (C=O) groups excluding carboxylic acids is 1. The molecule has 0 atom stereocenters. The highest BCUT2D eigenvalue weighted by Gasteiger charge is 2.13. The zero-order valence-corrected chi connectivity index (χ0v) is 15.9. The molecule has 2 aromatic carbocycles. The third-order valence-corrected chi connectivity index (χ3v) is 5.67. The molecule has 0 aliphatic carbocycles. The largest absolute Gasteiger partial charge is 0.348 e. The van der Waals surface area contributed by atoms with E-state index >= 15 is 0 Å². The van der Waals surface area contributed by atoms with Crippen molar-refractivity contribution >= 4 is 50.3 Å². The zero-order chi connectivity index (χ0) is 17.9. The Kier molecular flexibility index (Phi) is 4.90. The molecule has 4 rings (SSSR count). The van der Waals surface area contributed by atoms with Gasteiger partial charge in [0.05, 0.1) is 33.5 Å². The van der Waals surface area contributed by atoms with Crippen LogP contribution in [0.2, 0.25) is 0 Å². The van der Waals surface area contributed by atoms with Crippen LogP contribution in [0.5, 0.6) is 0 Å². The Balaban J connectivity index is 1.49. The van der Waals surface area contributed by atoms with Crippen molar-refractivity contribution < 1.29 is 4.79 Å². The lowest BCUT2D eigenvalue weighted by molar-refractivity contribution is -0.121. The van der Waals surface area contributed by atoms with E-state index in [9.17, 15) is 4.79 Å². The first-order valence-corrected chi connectivity index (χ1v) is 10.5. The molecule has 4 aromatic rings. The molecule has 2 aromatic heterocycles. The number of para-hydroxylation sites is 3. The molecule has 1 amide bonds. The molecular formula is C19H18N4OS2. The molecule has 0 saturated heterocycles. The van der Waals surface area contributed by atoms with Crippen molar-refractivity contribution in [3.8, 4) is 0 Å². The van der Waals surface area contributed by atoms with Gasteiger partial charge >= 0.3 is 0 Å². The molecule has 0 spiro atoms. The molecule has 5 nitrogen and oxygen atoms in total. The summed E-state index contributed by atoms with van der Waals surface area (Å²) in [5.41, 5.74) is 2.90. The van der Waals surface area contributed by atoms with Crippen molar-refractivity contribution in [1.29, 1.82) is 0 Å². The van der Waals surface area contributed by atoms with E-state index in [1.165, 1.54) is 0 Å². The van der Waals surface area contributed by atoms with Gasteiger partial charge in [-0.25, -0.2) is 9.97 Å². The second kappa shape index (κ2) is 7.47. The van der Waals surface area contributed by atoms with Gasteiger partial charge in [-0.3, -0.25) is 4.79 Å². The van der Waals surface area contributed by atoms with Crippen molar-refractivity contribution in [3.63, 3.8) is 0 Å². The van der Waals surface area contributed by atoms with Gasteiger partial charge in [0.2, 0.25) is 5.91 Å². The van der Waals surface area contributed by atoms with Crippen LogP contribution in [-0.2, 0) is 23.6 Å². The van der Waals surface area contributed by atoms with E-state index in [0.29, 0.717) is 6.54 Å². The molecule has 2 heterocycles. The number of amides is 1. The minimum Gasteiger partial charge on any atom is -0.348 e. The first-order chi connectivity index (χ1) is 12.7. The van der Waals surface area contributed by atoms with Crippen LogP contribution in [0.25, 0.3) is 21.3 Å². The maximum absolute atomic E-state index is 12.5. The molecule has 0 saturated carbocycles. The Bertz CT molecular complexity index is 1040. The van der Waals surface area contributed by atoms with Crippen LogP contribution in [0, 0.1) is 0 Å². The van der Waals surface area contributed by atoms with Crippen LogP contribution in [0.3, 0.4) is 0 Å². The van der Waals surface area contributed by atoms with Crippen LogP contribution >= 0.6 is 23.1 Å². The van der Waals surface area contributed by atoms with Gasteiger partial charge in [0.15, 0.2) is 0 Å². The molecule has 0 unspecified atom stereocenters. The maximum Gasteiger partial charge on any atom is 0.240 e. The number of nitrogens with zero attached hydrogens (tertiary/aromatic N) is 3. The third kappa shape index (κ3) is 3.45. The van der Waals surface area contributed by atoms with Crippen LogP contribution in [-0.4, -0.2) is 26.7 Å². The van der Waals surface area contributed by atoms with Gasteiger partial charge in [0, 0.05) is 0 Å². The first-order valence-electron chi connectivity index (χ1n) is 8.29. The van der Waals surface area contributed by atoms with Crippen molar-refractivity contribution in [2.24, 2.45) is 0 Å². The number of imidazole rings is 1. The predicted molar refractivity (Wildman–Crippen MR) is 108 cm³/mol. The van der Waals surface area contributed by atoms with Crippen LogP contribution < -0.4 is 5.32 Å². The van der Waals surface area contributed by atoms with E-state index in [0.717, 1.165) is 37.8 Å². The van der Waals surface area contributed by atoms with E-state index in [1.54, 1.807) is 23.1 Å². The molecule has 0 bridgehead atoms. The molecular weight excluding hydrogens is 364 g/mol. The predicted octanol–water partition coefficient (Wildman–Crippen LogP) is 3.83. The van der Waals surface area contributed by atoms with Gasteiger partial charge in [-0.05, 0) is 30.5 Å². The van der Waals surface area contributed by atoms with E-state index in [-0.39, 0.29) is 12.5 Å². The lowest BCUT2D eigenvalue weighted by atomic mass is 10.3. The number of carbonyl (C=O) groups is 1. The summed E-state index contributed by atoms with van der Waals surface area (Å²) < 4.78 is 3.14. The standard InChI is InChI=1S/C19H18N4OS2/c1-25-12-17-21-13-6-2-4-8-15(13)23(17)11-18(24)20-10-19-22-14-7-3-5-9-16(14)26-19/h2-9H,10-12H2,1H3,(H,20,24). The maximum atomic E-state index is 12.5. The summed E-state index contributed by atoms with van der Waals surface area (Å²) in [6.45, 7) is 0.712. The summed E-state index contributed by atoms with van der Waals surface area (Å²) in [4.78, 5) is 21.7. The number of nitrogens with one attached hydrogen (secondary N) is 1. The summed E-state index contributed by atoms with van der Waals surface area (Å²) >= 11 is 3.31. The van der Waals surface area contributed by atoms with Gasteiger partial charge in [0.25, 0.3) is 0 Å². The SMILES string of the molecule is CSCc1nc2ccccc2n1CC(=O)NCc1nc2ccccc2s1. The van der Waals surface area contributed by atoms with Crippen molar-refractivity contribution in [3.05, 3.63) is 59.4 Å². The van der Waals surface area contributed by atoms with E-state index in [4.69, 9.17) is 0 Å². The third-order valence-electron chi connectivity index (χ3n) is 4.08. The molecule has 0 fully saturated rings. The number of thiazole rings is 1. The average Bonchev–Trinajstić information content (AvgIpc) is 3.22. The molecule has 0 aliphatic heterocycles. The van der Waals surface area contributed by atoms with Crippen molar-refractivity contribution in [2.75, 3.05) is 6.26 Å². The summed E-state index contributed by atoms with van der Waals surface area (Å²) in [7, 11) is 0. The molecule has 1 N–H and O–H groups in total. The topological polar surface area (TPSA) is 59.8 Å². The van der Waals surface area contributed by atoms with Crippen LogP contribution in [0.15, 0.2) is 48.5 Å². The normalized spacial score (nSPS) is 11.3. The summed E-state index contributed by atoms with van der Waals surface area (Å²) in [5, 5.41) is 3.90.